The number of guanidine groups is 1. The van der Waals surface area contributed by atoms with Crippen molar-refractivity contribution in [2.75, 3.05) is 33.2 Å². The summed E-state index contributed by atoms with van der Waals surface area (Å²) in [6, 6.07) is 12.0. The van der Waals surface area contributed by atoms with Gasteiger partial charge in [0.2, 0.25) is 0 Å². The highest BCUT2D eigenvalue weighted by Gasteiger charge is 2.50. The summed E-state index contributed by atoms with van der Waals surface area (Å²) in [7, 11) is 1.63. The maximum atomic E-state index is 14.5. The average molecular weight is 479 g/mol. The maximum Gasteiger partial charge on any atom is 0.325 e. The fourth-order valence-electron chi connectivity index (χ4n) is 5.07. The molecule has 3 aliphatic rings. The number of likely N-dealkylation sites (N-methyl/N-ethyl adjacent to an activating group) is 1. The fourth-order valence-corrected chi connectivity index (χ4v) is 5.07. The molecule has 0 bridgehead atoms. The van der Waals surface area contributed by atoms with Gasteiger partial charge in [0, 0.05) is 51.9 Å². The number of carbonyl (C=O) groups is 2. The Morgan fingerprint density at radius 2 is 1.74 bits per heavy atom. The van der Waals surface area contributed by atoms with E-state index in [1.807, 2.05) is 4.90 Å². The third-order valence-corrected chi connectivity index (χ3v) is 7.19. The minimum absolute atomic E-state index is 0.199. The number of nitrogens with zero attached hydrogens (tertiary/aromatic N) is 5. The molecule has 5 rings (SSSR count). The summed E-state index contributed by atoms with van der Waals surface area (Å²) in [6.45, 7) is 8.49. The molecule has 3 aliphatic heterocycles. The van der Waals surface area contributed by atoms with Gasteiger partial charge in [-0.25, -0.2) is 14.2 Å². The second-order valence-electron chi connectivity index (χ2n) is 9.61. The molecule has 2 saturated heterocycles. The lowest BCUT2D eigenvalue weighted by Gasteiger charge is -2.40. The van der Waals surface area contributed by atoms with Crippen molar-refractivity contribution in [3.05, 3.63) is 70.5 Å². The molecule has 0 aromatic heterocycles. The zero-order valence-electron chi connectivity index (χ0n) is 20.4. The molecule has 0 radical (unpaired) electrons. The number of piperazine rings is 1. The summed E-state index contributed by atoms with van der Waals surface area (Å²) in [5.74, 6) is -0.0811. The molecule has 2 aromatic carbocycles. The topological polar surface area (TPSA) is 71.5 Å². The molecular weight excluding hydrogens is 447 g/mol. The lowest BCUT2D eigenvalue weighted by Crippen LogP contribution is -2.64. The molecule has 0 spiro atoms. The number of nitrogens with one attached hydrogen (secondary N) is 1. The van der Waals surface area contributed by atoms with Gasteiger partial charge in [-0.2, -0.15) is 0 Å². The molecule has 2 unspecified atom stereocenters. The minimum Gasteiger partial charge on any atom is -0.340 e. The van der Waals surface area contributed by atoms with Crippen LogP contribution in [0.4, 0.5) is 9.18 Å². The molecule has 2 atom stereocenters. The summed E-state index contributed by atoms with van der Waals surface area (Å²) in [6.07, 6.45) is -0.633. The van der Waals surface area contributed by atoms with Crippen LogP contribution in [0, 0.1) is 19.7 Å². The van der Waals surface area contributed by atoms with Gasteiger partial charge < -0.3 is 14.7 Å². The van der Waals surface area contributed by atoms with Crippen LogP contribution in [0.15, 0.2) is 47.5 Å². The number of hydrogen-bond donors (Lipinski definition) is 1. The SMILES string of the molecule is Cc1ccc(C)c(CN2CCN(C3=NC4C(C(=O)NC(=O)N4C)N3Cc3ccccc3F)CC2)c1. The highest BCUT2D eigenvalue weighted by molar-refractivity contribution is 6.03. The minimum atomic E-state index is -0.694. The maximum absolute atomic E-state index is 14.5. The van der Waals surface area contributed by atoms with Crippen LogP contribution in [0.1, 0.15) is 22.3 Å². The van der Waals surface area contributed by atoms with Crippen LogP contribution in [0.2, 0.25) is 0 Å². The first-order valence-corrected chi connectivity index (χ1v) is 12.0. The largest absolute Gasteiger partial charge is 0.340 e. The Morgan fingerprint density at radius 3 is 2.49 bits per heavy atom. The lowest BCUT2D eigenvalue weighted by atomic mass is 10.0. The molecule has 2 fully saturated rings. The smallest absolute Gasteiger partial charge is 0.325 e. The van der Waals surface area contributed by atoms with E-state index in [9.17, 15) is 14.0 Å². The van der Waals surface area contributed by atoms with E-state index in [1.165, 1.54) is 27.7 Å². The van der Waals surface area contributed by atoms with Crippen molar-refractivity contribution in [2.45, 2.75) is 39.1 Å². The van der Waals surface area contributed by atoms with Crippen molar-refractivity contribution in [2.24, 2.45) is 4.99 Å². The Morgan fingerprint density at radius 1 is 1.00 bits per heavy atom. The van der Waals surface area contributed by atoms with Crippen LogP contribution in [0.3, 0.4) is 0 Å². The van der Waals surface area contributed by atoms with Gasteiger partial charge in [0.1, 0.15) is 5.82 Å². The number of amides is 3. The van der Waals surface area contributed by atoms with Crippen LogP contribution < -0.4 is 5.32 Å². The number of rotatable bonds is 4. The molecule has 184 valence electrons. The fraction of sp³-hybridized carbons (Fsp3) is 0.423. The van der Waals surface area contributed by atoms with Gasteiger partial charge in [-0.1, -0.05) is 42.0 Å². The van der Waals surface area contributed by atoms with E-state index in [1.54, 1.807) is 25.2 Å². The van der Waals surface area contributed by atoms with Gasteiger partial charge in [0.25, 0.3) is 5.91 Å². The number of hydrogen-bond acceptors (Lipinski definition) is 6. The van der Waals surface area contributed by atoms with Gasteiger partial charge in [-0.3, -0.25) is 15.0 Å². The summed E-state index contributed by atoms with van der Waals surface area (Å²) in [5, 5.41) is 2.41. The van der Waals surface area contributed by atoms with E-state index in [0.717, 1.165) is 32.7 Å². The molecular formula is C26H31FN6O2. The van der Waals surface area contributed by atoms with Gasteiger partial charge in [-0.05, 0) is 31.0 Å². The van der Waals surface area contributed by atoms with Gasteiger partial charge >= 0.3 is 6.03 Å². The number of fused-ring (bicyclic) bond motifs is 1. The van der Waals surface area contributed by atoms with Crippen molar-refractivity contribution in [1.82, 2.24) is 24.9 Å². The summed E-state index contributed by atoms with van der Waals surface area (Å²) >= 11 is 0. The zero-order valence-corrected chi connectivity index (χ0v) is 20.4. The highest BCUT2D eigenvalue weighted by Crippen LogP contribution is 2.28. The van der Waals surface area contributed by atoms with Crippen LogP contribution in [-0.2, 0) is 17.9 Å². The number of benzene rings is 2. The van der Waals surface area contributed by atoms with E-state index < -0.39 is 24.1 Å². The zero-order chi connectivity index (χ0) is 24.7. The standard InChI is InChI=1S/C26H31FN6O2/c1-17-8-9-18(2)20(14-17)15-31-10-12-32(13-11-31)25-28-23-22(24(34)29-26(35)30(23)3)33(25)16-19-6-4-5-7-21(19)27/h4-9,14,22-23H,10-13,15-16H2,1-3H3,(H,29,34,35). The Bertz CT molecular complexity index is 1180. The van der Waals surface area contributed by atoms with Crippen LogP contribution in [0.5, 0.6) is 0 Å². The summed E-state index contributed by atoms with van der Waals surface area (Å²) in [5.41, 5.74) is 4.37. The number of aliphatic imine (C=N–C) groups is 1. The lowest BCUT2D eigenvalue weighted by molar-refractivity contribution is -0.127. The molecule has 3 amide bonds. The van der Waals surface area contributed by atoms with E-state index in [2.05, 4.69) is 47.2 Å². The van der Waals surface area contributed by atoms with Crippen molar-refractivity contribution < 1.29 is 14.0 Å². The number of imide groups is 1. The van der Waals surface area contributed by atoms with E-state index in [4.69, 9.17) is 4.99 Å². The van der Waals surface area contributed by atoms with Gasteiger partial charge in [0.05, 0.1) is 0 Å². The summed E-state index contributed by atoms with van der Waals surface area (Å²) in [4.78, 5) is 37.8. The van der Waals surface area contributed by atoms with E-state index >= 15 is 0 Å². The second-order valence-corrected chi connectivity index (χ2v) is 9.61. The average Bonchev–Trinajstić information content (AvgIpc) is 3.22. The van der Waals surface area contributed by atoms with Gasteiger partial charge in [0.15, 0.2) is 18.2 Å². The molecule has 2 aromatic rings. The molecule has 0 aliphatic carbocycles. The Kier molecular flexibility index (Phi) is 6.19. The second kappa shape index (κ2) is 9.30. The van der Waals surface area contributed by atoms with Crippen LogP contribution >= 0.6 is 0 Å². The first-order chi connectivity index (χ1) is 16.8. The normalized spacial score (nSPS) is 22.9. The molecule has 1 N–H and O–H groups in total. The van der Waals surface area contributed by atoms with Crippen molar-refractivity contribution in [3.8, 4) is 0 Å². The first-order valence-electron chi connectivity index (χ1n) is 12.0. The van der Waals surface area contributed by atoms with Crippen molar-refractivity contribution in [3.63, 3.8) is 0 Å². The molecule has 8 nitrogen and oxygen atoms in total. The van der Waals surface area contributed by atoms with Crippen LogP contribution in [0.25, 0.3) is 0 Å². The van der Waals surface area contributed by atoms with Crippen molar-refractivity contribution >= 4 is 17.9 Å². The Labute approximate surface area is 205 Å². The number of carbonyl (C=O) groups excluding carboxylic acids is 2. The predicted molar refractivity (Wildman–Crippen MR) is 131 cm³/mol. The molecule has 9 heteroatoms. The Hall–Kier alpha value is -3.46. The van der Waals surface area contributed by atoms with Crippen molar-refractivity contribution in [1.29, 1.82) is 0 Å². The number of aryl methyl sites for hydroxylation is 2. The monoisotopic (exact) mass is 478 g/mol. The molecule has 0 saturated carbocycles. The molecule has 35 heavy (non-hydrogen) atoms. The number of halogens is 1. The highest BCUT2D eigenvalue weighted by atomic mass is 19.1. The van der Waals surface area contributed by atoms with Gasteiger partial charge in [-0.15, -0.1) is 0 Å². The van der Waals surface area contributed by atoms with Crippen LogP contribution in [-0.4, -0.2) is 82.9 Å². The number of urea groups is 1. The Balaban J connectivity index is 1.36. The third kappa shape index (κ3) is 4.48. The summed E-state index contributed by atoms with van der Waals surface area (Å²) < 4.78 is 14.5. The quantitative estimate of drug-likeness (QED) is 0.730. The van der Waals surface area contributed by atoms with E-state index in [-0.39, 0.29) is 12.4 Å². The third-order valence-electron chi connectivity index (χ3n) is 7.19. The van der Waals surface area contributed by atoms with E-state index in [0.29, 0.717) is 11.5 Å². The molecule has 3 heterocycles. The predicted octanol–water partition coefficient (Wildman–Crippen LogP) is 2.31. The first kappa shape index (κ1) is 23.3.